The normalized spacial score (nSPS) is 12.5. The topological polar surface area (TPSA) is 155 Å². The van der Waals surface area contributed by atoms with Crippen LogP contribution in [0.4, 0.5) is 14.5 Å². The minimum atomic E-state index is -1.30. The molecular weight excluding hydrogens is 619 g/mol. The number of halogens is 2. The summed E-state index contributed by atoms with van der Waals surface area (Å²) in [5.74, 6) is -3.19. The SMILES string of the molecule is CC(C)n1c(/C=C/[C@@H](O)C[C@@H](O)CC(=O)O)c(-c2ccc(F)cc2)c(-c2ccc(F)cc2)c1C(=O)Nc1ccc(CC(N)=O)cc1.[NaH]. The number of hydrogen-bond acceptors (Lipinski definition) is 5. The molecule has 0 unspecified atom stereocenters. The average molecular weight is 656 g/mol. The van der Waals surface area contributed by atoms with E-state index in [-0.39, 0.29) is 54.1 Å². The Hall–Kier alpha value is -4.13. The Morgan fingerprint density at radius 3 is 1.89 bits per heavy atom. The number of anilines is 1. The van der Waals surface area contributed by atoms with Crippen molar-refractivity contribution in [2.75, 3.05) is 5.32 Å². The molecule has 4 aromatic rings. The Kier molecular flexibility index (Phi) is 13.2. The Bertz CT molecular complexity index is 1740. The first-order chi connectivity index (χ1) is 21.8. The molecule has 2 atom stereocenters. The van der Waals surface area contributed by atoms with E-state index in [1.807, 2.05) is 13.8 Å². The maximum atomic E-state index is 14.2. The zero-order valence-corrected chi connectivity index (χ0v) is 25.3. The number of nitrogens with zero attached hydrogens (tertiary/aromatic N) is 1. The summed E-state index contributed by atoms with van der Waals surface area (Å²) >= 11 is 0. The van der Waals surface area contributed by atoms with Crippen LogP contribution in [0.3, 0.4) is 0 Å². The fourth-order valence-electron chi connectivity index (χ4n) is 5.28. The number of carboxylic acid groups (broad SMARTS) is 1. The van der Waals surface area contributed by atoms with Crippen molar-refractivity contribution in [1.82, 2.24) is 4.57 Å². The van der Waals surface area contributed by atoms with Crippen molar-refractivity contribution in [2.24, 2.45) is 5.73 Å². The molecule has 6 N–H and O–H groups in total. The Morgan fingerprint density at radius 2 is 1.40 bits per heavy atom. The number of carboxylic acids is 1. The van der Waals surface area contributed by atoms with Gasteiger partial charge in [-0.2, -0.15) is 0 Å². The van der Waals surface area contributed by atoms with Crippen LogP contribution >= 0.6 is 0 Å². The first-order valence-electron chi connectivity index (χ1n) is 14.6. The summed E-state index contributed by atoms with van der Waals surface area (Å²) in [4.78, 5) is 36.5. The third kappa shape index (κ3) is 9.69. The van der Waals surface area contributed by atoms with Crippen LogP contribution < -0.4 is 11.1 Å². The molecule has 0 spiro atoms. The Labute approximate surface area is 293 Å². The predicted molar refractivity (Wildman–Crippen MR) is 178 cm³/mol. The monoisotopic (exact) mass is 655 g/mol. The fourth-order valence-corrected chi connectivity index (χ4v) is 5.28. The maximum absolute atomic E-state index is 14.2. The number of aliphatic hydroxyl groups excluding tert-OH is 2. The molecule has 1 aromatic heterocycles. The minimum absolute atomic E-state index is 0. The number of nitrogens with one attached hydrogen (secondary N) is 1. The number of nitrogens with two attached hydrogens (primary N) is 1. The number of aliphatic hydroxyl groups is 2. The molecule has 1 heterocycles. The van der Waals surface area contributed by atoms with E-state index in [0.717, 1.165) is 0 Å². The summed E-state index contributed by atoms with van der Waals surface area (Å²) in [5, 5.41) is 32.6. The van der Waals surface area contributed by atoms with Gasteiger partial charge in [0.1, 0.15) is 17.3 Å². The van der Waals surface area contributed by atoms with Gasteiger partial charge in [-0.05, 0) is 73.0 Å². The molecule has 4 rings (SSSR count). The van der Waals surface area contributed by atoms with E-state index >= 15 is 0 Å². The van der Waals surface area contributed by atoms with Gasteiger partial charge in [-0.3, -0.25) is 14.4 Å². The molecule has 0 bridgehead atoms. The van der Waals surface area contributed by atoms with Crippen molar-refractivity contribution >= 4 is 59.1 Å². The molecule has 0 saturated heterocycles. The molecule has 0 saturated carbocycles. The van der Waals surface area contributed by atoms with E-state index in [9.17, 15) is 33.4 Å². The van der Waals surface area contributed by atoms with Crippen LogP contribution in [0.5, 0.6) is 0 Å². The molecule has 242 valence electrons. The van der Waals surface area contributed by atoms with Crippen LogP contribution in [0.15, 0.2) is 78.9 Å². The number of carbonyl (C=O) groups excluding carboxylic acids is 2. The molecule has 47 heavy (non-hydrogen) atoms. The summed E-state index contributed by atoms with van der Waals surface area (Å²) in [6, 6.07) is 17.5. The summed E-state index contributed by atoms with van der Waals surface area (Å²) < 4.78 is 29.9. The summed E-state index contributed by atoms with van der Waals surface area (Å²) in [5.41, 5.74) is 8.99. The third-order valence-corrected chi connectivity index (χ3v) is 7.23. The summed E-state index contributed by atoms with van der Waals surface area (Å²) in [6.45, 7) is 3.70. The third-order valence-electron chi connectivity index (χ3n) is 7.23. The zero-order chi connectivity index (χ0) is 33.5. The van der Waals surface area contributed by atoms with Crippen LogP contribution in [0.2, 0.25) is 0 Å². The van der Waals surface area contributed by atoms with Crippen molar-refractivity contribution in [2.45, 2.75) is 51.4 Å². The molecule has 0 aliphatic heterocycles. The van der Waals surface area contributed by atoms with E-state index in [1.54, 1.807) is 47.0 Å². The van der Waals surface area contributed by atoms with Crippen LogP contribution in [0, 0.1) is 11.6 Å². The number of carbonyl (C=O) groups is 3. The van der Waals surface area contributed by atoms with Gasteiger partial charge in [-0.25, -0.2) is 8.78 Å². The number of benzene rings is 3. The fraction of sp³-hybridized carbons (Fsp3) is 0.229. The number of aromatic nitrogens is 1. The van der Waals surface area contributed by atoms with Gasteiger partial charge in [-0.1, -0.05) is 42.5 Å². The van der Waals surface area contributed by atoms with Gasteiger partial charge in [0.25, 0.3) is 5.91 Å². The van der Waals surface area contributed by atoms with Crippen molar-refractivity contribution in [3.05, 3.63) is 107 Å². The zero-order valence-electron chi connectivity index (χ0n) is 25.3. The van der Waals surface area contributed by atoms with Gasteiger partial charge in [0.05, 0.1) is 25.0 Å². The first-order valence-corrected chi connectivity index (χ1v) is 14.6. The molecule has 0 aliphatic rings. The van der Waals surface area contributed by atoms with E-state index < -0.39 is 48.0 Å². The predicted octanol–water partition coefficient (Wildman–Crippen LogP) is 4.91. The molecule has 2 amide bonds. The number of hydrogen-bond donors (Lipinski definition) is 5. The number of aliphatic carboxylic acids is 1. The van der Waals surface area contributed by atoms with Crippen LogP contribution in [-0.2, 0) is 16.0 Å². The van der Waals surface area contributed by atoms with Gasteiger partial charge in [0.2, 0.25) is 5.91 Å². The average Bonchev–Trinajstić information content (AvgIpc) is 3.32. The molecule has 0 radical (unpaired) electrons. The van der Waals surface area contributed by atoms with Crippen LogP contribution in [0.1, 0.15) is 54.5 Å². The second-order valence-corrected chi connectivity index (χ2v) is 11.2. The molecular formula is C35H36F2N3NaO6. The van der Waals surface area contributed by atoms with E-state index in [4.69, 9.17) is 10.8 Å². The van der Waals surface area contributed by atoms with Crippen LogP contribution in [0.25, 0.3) is 28.3 Å². The number of amides is 2. The summed E-state index contributed by atoms with van der Waals surface area (Å²) in [6.07, 6.45) is -0.335. The Morgan fingerprint density at radius 1 is 0.872 bits per heavy atom. The standard InChI is InChI=1S/C35H35F2N3O6.Na.H/c1-20(2)40-29(16-15-27(41)18-28(42)19-31(44)45)32(22-5-9-24(36)10-6-22)33(23-7-11-25(37)12-8-23)34(40)35(46)39-26-13-3-21(4-14-26)17-30(38)43;;/h3-16,20,27-28,41-42H,17-19H2,1-2H3,(H2,38,43)(H,39,46)(H,44,45);;/b16-15+;;/t27-,28-;;/m1../s1. The van der Waals surface area contributed by atoms with Gasteiger partial charge in [0.15, 0.2) is 0 Å². The van der Waals surface area contributed by atoms with E-state index in [2.05, 4.69) is 5.32 Å². The molecule has 12 heteroatoms. The van der Waals surface area contributed by atoms with Crippen molar-refractivity contribution in [1.29, 1.82) is 0 Å². The second-order valence-electron chi connectivity index (χ2n) is 11.2. The summed E-state index contributed by atoms with van der Waals surface area (Å²) in [7, 11) is 0. The number of rotatable bonds is 13. The van der Waals surface area contributed by atoms with Gasteiger partial charge in [-0.15, -0.1) is 0 Å². The molecule has 9 nitrogen and oxygen atoms in total. The van der Waals surface area contributed by atoms with Gasteiger partial charge >= 0.3 is 35.5 Å². The second kappa shape index (κ2) is 16.6. The molecule has 3 aromatic carbocycles. The van der Waals surface area contributed by atoms with Gasteiger partial charge in [0, 0.05) is 35.0 Å². The Balaban J connectivity index is 0.00000600. The van der Waals surface area contributed by atoms with E-state index in [0.29, 0.717) is 39.2 Å². The van der Waals surface area contributed by atoms with Crippen molar-refractivity contribution < 1.29 is 38.5 Å². The first kappa shape index (κ1) is 37.3. The molecule has 0 aliphatic carbocycles. The van der Waals surface area contributed by atoms with Crippen molar-refractivity contribution in [3.8, 4) is 22.3 Å². The van der Waals surface area contributed by atoms with Crippen molar-refractivity contribution in [3.63, 3.8) is 0 Å². The van der Waals surface area contributed by atoms with E-state index in [1.165, 1.54) is 42.5 Å². The van der Waals surface area contributed by atoms with Crippen LogP contribution in [-0.4, -0.2) is 79.4 Å². The molecule has 0 fully saturated rings. The number of primary amides is 1. The van der Waals surface area contributed by atoms with Gasteiger partial charge < -0.3 is 30.9 Å². The quantitative estimate of drug-likeness (QED) is 0.129.